The molecule has 2 rings (SSSR count). The number of nitrogens with one attached hydrogen (secondary N) is 2. The van der Waals surface area contributed by atoms with Crippen molar-refractivity contribution in [3.05, 3.63) is 53.9 Å². The van der Waals surface area contributed by atoms with Crippen molar-refractivity contribution >= 4 is 21.9 Å². The molecule has 1 aromatic heterocycles. The van der Waals surface area contributed by atoms with Crippen molar-refractivity contribution in [3.63, 3.8) is 0 Å². The fourth-order valence-corrected chi connectivity index (χ4v) is 4.06. The molecule has 1 aromatic carbocycles. The molecular formula is C18H23N3O5S. The van der Waals surface area contributed by atoms with Crippen LogP contribution in [0.4, 0.5) is 0 Å². The highest BCUT2D eigenvalue weighted by atomic mass is 32.2. The molecule has 0 fully saturated rings. The smallest absolute Gasteiger partial charge is 0.303 e. The average molecular weight is 393 g/mol. The van der Waals surface area contributed by atoms with E-state index < -0.39 is 27.9 Å². The molecule has 0 bridgehead atoms. The molecule has 0 aliphatic rings. The Kier molecular flexibility index (Phi) is 6.75. The Labute approximate surface area is 158 Å². The minimum Gasteiger partial charge on any atom is -0.481 e. The third-order valence-electron chi connectivity index (χ3n) is 4.10. The second-order valence-corrected chi connectivity index (χ2v) is 7.91. The summed E-state index contributed by atoms with van der Waals surface area (Å²) in [7, 11) is -0.874. The molecule has 0 saturated carbocycles. The van der Waals surface area contributed by atoms with Crippen molar-refractivity contribution in [2.75, 3.05) is 7.05 Å². The molecule has 0 radical (unpaired) electrons. The summed E-state index contributed by atoms with van der Waals surface area (Å²) in [5, 5.41) is 11.4. The van der Waals surface area contributed by atoms with Gasteiger partial charge in [-0.3, -0.25) is 9.59 Å². The monoisotopic (exact) mass is 393 g/mol. The summed E-state index contributed by atoms with van der Waals surface area (Å²) in [6.45, 7) is 0. The largest absolute Gasteiger partial charge is 0.481 e. The van der Waals surface area contributed by atoms with Crippen LogP contribution in [-0.4, -0.2) is 43.1 Å². The van der Waals surface area contributed by atoms with Gasteiger partial charge in [0.2, 0.25) is 10.0 Å². The predicted molar refractivity (Wildman–Crippen MR) is 99.9 cm³/mol. The Balaban J connectivity index is 2.23. The number of carbonyl (C=O) groups excluding carboxylic acids is 1. The van der Waals surface area contributed by atoms with Gasteiger partial charge in [0.15, 0.2) is 0 Å². The lowest BCUT2D eigenvalue weighted by atomic mass is 10.0. The van der Waals surface area contributed by atoms with Crippen LogP contribution in [0.15, 0.2) is 47.5 Å². The van der Waals surface area contributed by atoms with Gasteiger partial charge < -0.3 is 15.0 Å². The van der Waals surface area contributed by atoms with Crippen LogP contribution in [-0.2, 0) is 28.3 Å². The van der Waals surface area contributed by atoms with Gasteiger partial charge in [-0.15, -0.1) is 0 Å². The van der Waals surface area contributed by atoms with E-state index in [1.54, 1.807) is 7.05 Å². The topological polar surface area (TPSA) is 118 Å². The van der Waals surface area contributed by atoms with Gasteiger partial charge in [0.05, 0.1) is 0 Å². The minimum absolute atomic E-state index is 0.0445. The molecule has 0 saturated heterocycles. The van der Waals surface area contributed by atoms with Crippen LogP contribution in [0, 0.1) is 0 Å². The summed E-state index contributed by atoms with van der Waals surface area (Å²) in [4.78, 5) is 22.7. The standard InChI is InChI=1S/C18H23N3O5S/c1-19-18(24)16-11-15(12-21(16)2)27(25,26)20-14(8-9-17(22)23)10-13-6-4-3-5-7-13/h3-7,11-12,14,20H,8-10H2,1-2H3,(H,19,24)(H,22,23). The molecular weight excluding hydrogens is 370 g/mol. The van der Waals surface area contributed by atoms with Crippen molar-refractivity contribution in [3.8, 4) is 0 Å². The molecule has 8 nitrogen and oxygen atoms in total. The first kappa shape index (κ1) is 20.7. The number of benzene rings is 1. The van der Waals surface area contributed by atoms with Crippen molar-refractivity contribution in [2.45, 2.75) is 30.2 Å². The molecule has 0 aliphatic carbocycles. The van der Waals surface area contributed by atoms with E-state index in [4.69, 9.17) is 5.11 Å². The molecule has 146 valence electrons. The number of rotatable bonds is 9. The van der Waals surface area contributed by atoms with Crippen LogP contribution in [0.5, 0.6) is 0 Å². The Bertz CT molecular complexity index is 906. The summed E-state index contributed by atoms with van der Waals surface area (Å²) in [6.07, 6.45) is 1.71. The maximum atomic E-state index is 12.8. The molecule has 9 heteroatoms. The zero-order chi connectivity index (χ0) is 20.0. The lowest BCUT2D eigenvalue weighted by Crippen LogP contribution is -2.36. The van der Waals surface area contributed by atoms with Crippen LogP contribution in [0.25, 0.3) is 0 Å². The van der Waals surface area contributed by atoms with Crippen LogP contribution in [0.2, 0.25) is 0 Å². The maximum absolute atomic E-state index is 12.8. The second-order valence-electron chi connectivity index (χ2n) is 6.19. The van der Waals surface area contributed by atoms with Gasteiger partial charge in [-0.05, 0) is 24.5 Å². The van der Waals surface area contributed by atoms with E-state index in [9.17, 15) is 18.0 Å². The predicted octanol–water partition coefficient (Wildman–Crippen LogP) is 1.14. The van der Waals surface area contributed by atoms with Gasteiger partial charge >= 0.3 is 5.97 Å². The lowest BCUT2D eigenvalue weighted by Gasteiger charge is -2.18. The SMILES string of the molecule is CNC(=O)c1cc(S(=O)(=O)NC(CCC(=O)O)Cc2ccccc2)cn1C. The highest BCUT2D eigenvalue weighted by molar-refractivity contribution is 7.89. The zero-order valence-electron chi connectivity index (χ0n) is 15.2. The minimum atomic E-state index is -3.91. The van der Waals surface area contributed by atoms with E-state index in [-0.39, 0.29) is 23.4 Å². The number of hydrogen-bond donors (Lipinski definition) is 3. The maximum Gasteiger partial charge on any atom is 0.303 e. The number of carboxylic acid groups (broad SMARTS) is 1. The molecule has 1 amide bonds. The number of sulfonamides is 1. The molecule has 27 heavy (non-hydrogen) atoms. The number of nitrogens with zero attached hydrogens (tertiary/aromatic N) is 1. The number of carboxylic acids is 1. The summed E-state index contributed by atoms with van der Waals surface area (Å²) in [5.41, 5.74) is 1.11. The number of carbonyl (C=O) groups is 2. The van der Waals surface area contributed by atoms with E-state index in [2.05, 4.69) is 10.0 Å². The van der Waals surface area contributed by atoms with Crippen LogP contribution in [0.1, 0.15) is 28.9 Å². The van der Waals surface area contributed by atoms with Crippen molar-refractivity contribution < 1.29 is 23.1 Å². The van der Waals surface area contributed by atoms with Gasteiger partial charge in [0, 0.05) is 32.8 Å². The van der Waals surface area contributed by atoms with E-state index in [1.807, 2.05) is 30.3 Å². The van der Waals surface area contributed by atoms with Crippen LogP contribution in [0.3, 0.4) is 0 Å². The summed E-state index contributed by atoms with van der Waals surface area (Å²) < 4.78 is 29.5. The van der Waals surface area contributed by atoms with E-state index in [0.717, 1.165) is 5.56 Å². The lowest BCUT2D eigenvalue weighted by molar-refractivity contribution is -0.137. The van der Waals surface area contributed by atoms with Crippen molar-refractivity contribution in [2.24, 2.45) is 7.05 Å². The Hall–Kier alpha value is -2.65. The molecule has 2 aromatic rings. The average Bonchev–Trinajstić information content (AvgIpc) is 3.02. The third-order valence-corrected chi connectivity index (χ3v) is 5.59. The number of hydrogen-bond acceptors (Lipinski definition) is 4. The number of aliphatic carboxylic acids is 1. The van der Waals surface area contributed by atoms with Crippen LogP contribution < -0.4 is 10.0 Å². The number of aromatic nitrogens is 1. The first-order valence-corrected chi connectivity index (χ1v) is 9.87. The molecule has 0 spiro atoms. The van der Waals surface area contributed by atoms with Gasteiger partial charge in [0.25, 0.3) is 5.91 Å². The highest BCUT2D eigenvalue weighted by Gasteiger charge is 2.24. The van der Waals surface area contributed by atoms with Crippen LogP contribution >= 0.6 is 0 Å². The molecule has 0 aliphatic heterocycles. The molecule has 3 N–H and O–H groups in total. The summed E-state index contributed by atoms with van der Waals surface area (Å²) in [5.74, 6) is -1.39. The zero-order valence-corrected chi connectivity index (χ0v) is 16.0. The summed E-state index contributed by atoms with van der Waals surface area (Å²) in [6, 6.07) is 9.94. The van der Waals surface area contributed by atoms with E-state index in [1.165, 1.54) is 23.9 Å². The Morgan fingerprint density at radius 2 is 1.89 bits per heavy atom. The van der Waals surface area contributed by atoms with Crippen molar-refractivity contribution in [1.29, 1.82) is 0 Å². The Morgan fingerprint density at radius 1 is 1.22 bits per heavy atom. The van der Waals surface area contributed by atoms with Gasteiger partial charge in [0.1, 0.15) is 10.6 Å². The third kappa shape index (κ3) is 5.66. The fraction of sp³-hybridized carbons (Fsp3) is 0.333. The molecule has 1 heterocycles. The quantitative estimate of drug-likeness (QED) is 0.590. The van der Waals surface area contributed by atoms with Gasteiger partial charge in [-0.25, -0.2) is 13.1 Å². The van der Waals surface area contributed by atoms with Gasteiger partial charge in [-0.2, -0.15) is 0 Å². The number of aryl methyl sites for hydroxylation is 1. The fourth-order valence-electron chi connectivity index (χ4n) is 2.72. The van der Waals surface area contributed by atoms with E-state index >= 15 is 0 Å². The highest BCUT2D eigenvalue weighted by Crippen LogP contribution is 2.16. The second kappa shape index (κ2) is 8.83. The van der Waals surface area contributed by atoms with E-state index in [0.29, 0.717) is 6.42 Å². The van der Waals surface area contributed by atoms with Crippen molar-refractivity contribution in [1.82, 2.24) is 14.6 Å². The molecule has 1 unspecified atom stereocenters. The Morgan fingerprint density at radius 3 is 2.48 bits per heavy atom. The summed E-state index contributed by atoms with van der Waals surface area (Å²) >= 11 is 0. The first-order chi connectivity index (χ1) is 12.7. The number of amides is 1. The first-order valence-electron chi connectivity index (χ1n) is 8.39. The van der Waals surface area contributed by atoms with Gasteiger partial charge in [-0.1, -0.05) is 30.3 Å². The molecule has 1 atom stereocenters. The normalized spacial score (nSPS) is 12.5.